The van der Waals surface area contributed by atoms with Crippen LogP contribution < -0.4 is 9.64 Å². The zero-order valence-corrected chi connectivity index (χ0v) is 34.0. The van der Waals surface area contributed by atoms with Crippen LogP contribution >= 0.6 is 0 Å². The minimum Gasteiger partial charge on any atom is -0.453 e. The highest BCUT2D eigenvalue weighted by atomic mass is 16.5. The van der Waals surface area contributed by atoms with Crippen LogP contribution in [0.1, 0.15) is 0 Å². The molecule has 63 heavy (non-hydrogen) atoms. The molecule has 1 aliphatic heterocycles. The second kappa shape index (κ2) is 15.1. The first-order valence-electron chi connectivity index (χ1n) is 21.1. The molecule has 0 radical (unpaired) electrons. The summed E-state index contributed by atoms with van der Waals surface area (Å²) in [6.45, 7) is 0. The summed E-state index contributed by atoms with van der Waals surface area (Å²) in [6.07, 6.45) is 0. The monoisotopic (exact) mass is 807 g/mol. The third-order valence-electron chi connectivity index (χ3n) is 11.8. The molecule has 9 aromatic carbocycles. The van der Waals surface area contributed by atoms with Gasteiger partial charge in [-0.3, -0.25) is 4.90 Å². The number of fused-ring (bicyclic) bond motifs is 5. The van der Waals surface area contributed by atoms with E-state index in [1.165, 1.54) is 27.4 Å². The van der Waals surface area contributed by atoms with Crippen LogP contribution in [-0.2, 0) is 0 Å². The number of hydrogen-bond donors (Lipinski definition) is 0. The van der Waals surface area contributed by atoms with Gasteiger partial charge in [-0.2, -0.15) is 9.97 Å². The fourth-order valence-corrected chi connectivity index (χ4v) is 8.81. The molecule has 0 aliphatic carbocycles. The summed E-state index contributed by atoms with van der Waals surface area (Å²) >= 11 is 0. The van der Waals surface area contributed by atoms with Crippen LogP contribution in [0.15, 0.2) is 224 Å². The predicted octanol–water partition coefficient (Wildman–Crippen LogP) is 14.9. The highest BCUT2D eigenvalue weighted by molar-refractivity contribution is 6.10. The number of rotatable bonds is 7. The Bertz CT molecular complexity index is 3430. The van der Waals surface area contributed by atoms with Gasteiger partial charge in [0.2, 0.25) is 5.95 Å². The van der Waals surface area contributed by atoms with Crippen LogP contribution in [0, 0.1) is 0 Å². The Morgan fingerprint density at radius 3 is 1.57 bits per heavy atom. The second-order valence-electron chi connectivity index (χ2n) is 15.7. The van der Waals surface area contributed by atoms with E-state index in [2.05, 4.69) is 149 Å². The Morgan fingerprint density at radius 1 is 0.317 bits per heavy atom. The van der Waals surface area contributed by atoms with Gasteiger partial charge in [0, 0.05) is 27.6 Å². The number of benzene rings is 9. The molecule has 0 spiro atoms. The van der Waals surface area contributed by atoms with Crippen LogP contribution in [0.4, 0.5) is 17.3 Å². The van der Waals surface area contributed by atoms with E-state index in [1.54, 1.807) is 0 Å². The maximum absolute atomic E-state index is 6.69. The molecule has 0 bridgehead atoms. The summed E-state index contributed by atoms with van der Waals surface area (Å²) in [4.78, 5) is 17.2. The normalized spacial score (nSPS) is 11.9. The van der Waals surface area contributed by atoms with Gasteiger partial charge in [-0.15, -0.1) is 0 Å². The SMILES string of the molecule is c1ccc(-c2cccc(-n3c4ccccc4c4ccc(-c5cccc(-c6ccc7c(c6)Oc6ccccc6N7c6nc(-c7ccccc7)nc(-c7ccccc7)n6)c5)cc43)c2)cc1. The van der Waals surface area contributed by atoms with Crippen molar-refractivity contribution in [2.45, 2.75) is 0 Å². The average Bonchev–Trinajstić information content (AvgIpc) is 3.70. The number of aromatic nitrogens is 4. The lowest BCUT2D eigenvalue weighted by atomic mass is 9.97. The minimum atomic E-state index is 0.508. The van der Waals surface area contributed by atoms with Crippen molar-refractivity contribution < 1.29 is 4.74 Å². The fraction of sp³-hybridized carbons (Fsp3) is 0. The zero-order chi connectivity index (χ0) is 41.7. The molecule has 2 aromatic heterocycles. The summed E-state index contributed by atoms with van der Waals surface area (Å²) in [5.41, 5.74) is 13.7. The van der Waals surface area contributed by atoms with Crippen molar-refractivity contribution >= 4 is 39.1 Å². The van der Waals surface area contributed by atoms with E-state index in [9.17, 15) is 0 Å². The van der Waals surface area contributed by atoms with Gasteiger partial charge in [-0.05, 0) is 88.0 Å². The number of para-hydroxylation sites is 3. The van der Waals surface area contributed by atoms with Crippen LogP contribution in [-0.4, -0.2) is 19.5 Å². The predicted molar refractivity (Wildman–Crippen MR) is 256 cm³/mol. The van der Waals surface area contributed by atoms with Gasteiger partial charge in [0.25, 0.3) is 0 Å². The Hall–Kier alpha value is -8.61. The maximum atomic E-state index is 6.69. The van der Waals surface area contributed by atoms with Crippen molar-refractivity contribution in [2.24, 2.45) is 0 Å². The standard InChI is InChI=1S/C57H37N5O/c1-4-16-38(17-5-1)43-24-15-25-46(35-43)61-49-27-11-10-26-47(49)48-32-30-44(36-52(48)61)41-22-14-23-42(34-41)45-31-33-51-54(37-45)63-53-29-13-12-28-50(53)62(51)57-59-55(39-18-6-2-7-19-39)58-56(60-57)40-20-8-3-9-21-40/h1-37H. The molecule has 0 unspecified atom stereocenters. The number of nitrogens with zero attached hydrogens (tertiary/aromatic N) is 5. The maximum Gasteiger partial charge on any atom is 0.239 e. The number of anilines is 3. The Balaban J connectivity index is 0.949. The zero-order valence-electron chi connectivity index (χ0n) is 34.0. The van der Waals surface area contributed by atoms with E-state index < -0.39 is 0 Å². The van der Waals surface area contributed by atoms with E-state index >= 15 is 0 Å². The van der Waals surface area contributed by atoms with Crippen molar-refractivity contribution in [3.8, 4) is 73.3 Å². The molecule has 0 atom stereocenters. The number of hydrogen-bond acceptors (Lipinski definition) is 5. The molecule has 0 saturated heterocycles. The van der Waals surface area contributed by atoms with Crippen molar-refractivity contribution in [1.29, 1.82) is 0 Å². The third-order valence-corrected chi connectivity index (χ3v) is 11.8. The molecular formula is C57H37N5O. The smallest absolute Gasteiger partial charge is 0.239 e. The second-order valence-corrected chi connectivity index (χ2v) is 15.7. The Labute approximate surface area is 364 Å². The van der Waals surface area contributed by atoms with Gasteiger partial charge < -0.3 is 9.30 Å². The molecule has 296 valence electrons. The van der Waals surface area contributed by atoms with Crippen LogP contribution in [0.3, 0.4) is 0 Å². The van der Waals surface area contributed by atoms with E-state index in [1.807, 2.05) is 84.9 Å². The van der Waals surface area contributed by atoms with Gasteiger partial charge in [0.1, 0.15) is 0 Å². The minimum absolute atomic E-state index is 0.508. The average molecular weight is 808 g/mol. The molecule has 3 heterocycles. The van der Waals surface area contributed by atoms with E-state index in [-0.39, 0.29) is 0 Å². The molecule has 0 amide bonds. The van der Waals surface area contributed by atoms with Gasteiger partial charge in [0.15, 0.2) is 23.1 Å². The first-order valence-corrected chi connectivity index (χ1v) is 21.1. The summed E-state index contributed by atoms with van der Waals surface area (Å²) in [6, 6.07) is 78.2. The fourth-order valence-electron chi connectivity index (χ4n) is 8.81. The van der Waals surface area contributed by atoms with Gasteiger partial charge in [-0.1, -0.05) is 170 Å². The van der Waals surface area contributed by atoms with Crippen molar-refractivity contribution in [3.05, 3.63) is 224 Å². The molecule has 11 aromatic rings. The van der Waals surface area contributed by atoms with Crippen LogP contribution in [0.2, 0.25) is 0 Å². The molecule has 12 rings (SSSR count). The van der Waals surface area contributed by atoms with E-state index in [4.69, 9.17) is 19.7 Å². The summed E-state index contributed by atoms with van der Waals surface area (Å²) < 4.78 is 9.08. The third kappa shape index (κ3) is 6.49. The lowest BCUT2D eigenvalue weighted by Gasteiger charge is -2.31. The summed E-state index contributed by atoms with van der Waals surface area (Å²) in [7, 11) is 0. The number of ether oxygens (including phenoxy) is 1. The topological polar surface area (TPSA) is 56.1 Å². The largest absolute Gasteiger partial charge is 0.453 e. The van der Waals surface area contributed by atoms with Crippen molar-refractivity contribution in [2.75, 3.05) is 4.90 Å². The van der Waals surface area contributed by atoms with Gasteiger partial charge in [-0.25, -0.2) is 4.98 Å². The highest BCUT2D eigenvalue weighted by Crippen LogP contribution is 2.51. The molecule has 0 fully saturated rings. The van der Waals surface area contributed by atoms with Crippen LogP contribution in [0.25, 0.3) is 83.6 Å². The van der Waals surface area contributed by atoms with Crippen molar-refractivity contribution in [3.63, 3.8) is 0 Å². The van der Waals surface area contributed by atoms with Crippen LogP contribution in [0.5, 0.6) is 11.5 Å². The van der Waals surface area contributed by atoms with Crippen molar-refractivity contribution in [1.82, 2.24) is 19.5 Å². The lowest BCUT2D eigenvalue weighted by Crippen LogP contribution is -2.19. The Kier molecular flexibility index (Phi) is 8.71. The lowest BCUT2D eigenvalue weighted by molar-refractivity contribution is 0.476. The molecule has 0 saturated carbocycles. The Morgan fingerprint density at radius 2 is 0.841 bits per heavy atom. The van der Waals surface area contributed by atoms with Gasteiger partial charge in [0.05, 0.1) is 22.4 Å². The highest BCUT2D eigenvalue weighted by Gasteiger charge is 2.29. The first kappa shape index (κ1) is 36.3. The van der Waals surface area contributed by atoms with E-state index in [0.717, 1.165) is 61.7 Å². The molecule has 6 heteroatoms. The quantitative estimate of drug-likeness (QED) is 0.161. The molecule has 1 aliphatic rings. The summed E-state index contributed by atoms with van der Waals surface area (Å²) in [5, 5.41) is 2.45. The molecule has 0 N–H and O–H groups in total. The molecular weight excluding hydrogens is 771 g/mol. The first-order chi connectivity index (χ1) is 31.2. The van der Waals surface area contributed by atoms with E-state index in [0.29, 0.717) is 23.3 Å². The van der Waals surface area contributed by atoms with Gasteiger partial charge >= 0.3 is 0 Å². The summed E-state index contributed by atoms with van der Waals surface area (Å²) in [5.74, 6) is 3.13. The molecule has 6 nitrogen and oxygen atoms in total.